The van der Waals surface area contributed by atoms with E-state index >= 15 is 0 Å². The van der Waals surface area contributed by atoms with E-state index in [1.807, 2.05) is 0 Å². The van der Waals surface area contributed by atoms with Crippen molar-refractivity contribution in [2.45, 2.75) is 38.0 Å². The van der Waals surface area contributed by atoms with Gasteiger partial charge in [0.2, 0.25) is 10.0 Å². The largest absolute Gasteiger partial charge is 0.243 e. The highest BCUT2D eigenvalue weighted by Gasteiger charge is 2.17. The van der Waals surface area contributed by atoms with Gasteiger partial charge in [-0.3, -0.25) is 0 Å². The molecule has 0 atom stereocenters. The molecule has 1 rings (SSSR count). The fourth-order valence-corrected chi connectivity index (χ4v) is 3.06. The topological polar surface area (TPSA) is 59.1 Å². The van der Waals surface area contributed by atoms with Crippen LogP contribution in [-0.4, -0.2) is 19.9 Å². The molecule has 0 amide bonds. The number of rotatable bonds is 7. The molecule has 0 aliphatic heterocycles. The Morgan fingerprint density at radius 1 is 1.39 bits per heavy atom. The standard InChI is InChI=1S/C12H19ClN2O2S/c1-10(2)6-3-4-9-15-18(16,17)11-7-5-8-14-12(11)13/h5,7-8,10,15H,3-4,6,9H2,1-2H3. The number of aromatic nitrogens is 1. The lowest BCUT2D eigenvalue weighted by Gasteiger charge is -2.08. The molecular weight excluding hydrogens is 272 g/mol. The summed E-state index contributed by atoms with van der Waals surface area (Å²) < 4.78 is 26.4. The first-order valence-electron chi connectivity index (χ1n) is 6.03. The summed E-state index contributed by atoms with van der Waals surface area (Å²) in [6, 6.07) is 3.00. The predicted octanol–water partition coefficient (Wildman–Crippen LogP) is 2.84. The average molecular weight is 291 g/mol. The van der Waals surface area contributed by atoms with Crippen LogP contribution in [0.5, 0.6) is 0 Å². The Kier molecular flexibility index (Phi) is 6.05. The van der Waals surface area contributed by atoms with Crippen LogP contribution >= 0.6 is 11.6 Å². The molecule has 18 heavy (non-hydrogen) atoms. The van der Waals surface area contributed by atoms with Crippen molar-refractivity contribution >= 4 is 21.6 Å². The van der Waals surface area contributed by atoms with Gasteiger partial charge >= 0.3 is 0 Å². The number of hydrogen-bond acceptors (Lipinski definition) is 3. The Balaban J connectivity index is 2.49. The van der Waals surface area contributed by atoms with E-state index in [4.69, 9.17) is 11.6 Å². The van der Waals surface area contributed by atoms with Crippen molar-refractivity contribution in [2.75, 3.05) is 6.54 Å². The van der Waals surface area contributed by atoms with Gasteiger partial charge in [-0.1, -0.05) is 38.3 Å². The molecule has 1 heterocycles. The van der Waals surface area contributed by atoms with Gasteiger partial charge in [0, 0.05) is 12.7 Å². The quantitative estimate of drug-likeness (QED) is 0.620. The third-order valence-corrected chi connectivity index (χ3v) is 4.42. The van der Waals surface area contributed by atoms with E-state index in [1.54, 1.807) is 6.07 Å². The van der Waals surface area contributed by atoms with Crippen molar-refractivity contribution in [3.8, 4) is 0 Å². The fourth-order valence-electron chi connectivity index (χ4n) is 1.53. The molecule has 0 aliphatic rings. The number of hydrogen-bond donors (Lipinski definition) is 1. The zero-order valence-corrected chi connectivity index (χ0v) is 12.3. The van der Waals surface area contributed by atoms with Gasteiger partial charge in [-0.25, -0.2) is 18.1 Å². The number of unbranched alkanes of at least 4 members (excludes halogenated alkanes) is 1. The van der Waals surface area contributed by atoms with Gasteiger partial charge in [0.25, 0.3) is 0 Å². The molecule has 0 aliphatic carbocycles. The first-order chi connectivity index (χ1) is 8.43. The van der Waals surface area contributed by atoms with Crippen molar-refractivity contribution in [3.05, 3.63) is 23.5 Å². The predicted molar refractivity (Wildman–Crippen MR) is 73.1 cm³/mol. The lowest BCUT2D eigenvalue weighted by Crippen LogP contribution is -2.25. The number of nitrogens with one attached hydrogen (secondary N) is 1. The maximum atomic E-state index is 11.9. The molecule has 1 N–H and O–H groups in total. The van der Waals surface area contributed by atoms with Crippen LogP contribution in [0.4, 0.5) is 0 Å². The van der Waals surface area contributed by atoms with E-state index in [-0.39, 0.29) is 10.0 Å². The van der Waals surface area contributed by atoms with Crippen LogP contribution in [0.3, 0.4) is 0 Å². The van der Waals surface area contributed by atoms with Crippen LogP contribution in [0, 0.1) is 5.92 Å². The Bertz CT molecular complexity index is 475. The molecule has 0 saturated carbocycles. The fraction of sp³-hybridized carbons (Fsp3) is 0.583. The van der Waals surface area contributed by atoms with Gasteiger partial charge in [0.15, 0.2) is 0 Å². The lowest BCUT2D eigenvalue weighted by atomic mass is 10.1. The van der Waals surface area contributed by atoms with Gasteiger partial charge in [-0.2, -0.15) is 0 Å². The second-order valence-electron chi connectivity index (χ2n) is 4.58. The minimum absolute atomic E-state index is 0.00665. The first-order valence-corrected chi connectivity index (χ1v) is 7.90. The van der Waals surface area contributed by atoms with Crippen molar-refractivity contribution in [1.82, 2.24) is 9.71 Å². The Labute approximate surface area is 114 Å². The minimum atomic E-state index is -3.54. The molecule has 0 bridgehead atoms. The van der Waals surface area contributed by atoms with Crippen LogP contribution in [0.15, 0.2) is 23.2 Å². The average Bonchev–Trinajstić information content (AvgIpc) is 2.28. The summed E-state index contributed by atoms with van der Waals surface area (Å²) in [6.45, 7) is 4.74. The molecule has 1 aromatic rings. The highest BCUT2D eigenvalue weighted by molar-refractivity contribution is 7.89. The second-order valence-corrected chi connectivity index (χ2v) is 6.67. The molecular formula is C12H19ClN2O2S. The smallest absolute Gasteiger partial charge is 0.243 e. The van der Waals surface area contributed by atoms with E-state index in [0.717, 1.165) is 19.3 Å². The van der Waals surface area contributed by atoms with Gasteiger partial charge in [-0.05, 0) is 24.5 Å². The Hall–Kier alpha value is -0.650. The van der Waals surface area contributed by atoms with Gasteiger partial charge in [0.05, 0.1) is 0 Å². The zero-order valence-electron chi connectivity index (χ0n) is 10.7. The van der Waals surface area contributed by atoms with Gasteiger partial charge in [0.1, 0.15) is 10.0 Å². The zero-order chi connectivity index (χ0) is 13.6. The molecule has 1 aromatic heterocycles. The third-order valence-electron chi connectivity index (χ3n) is 2.51. The van der Waals surface area contributed by atoms with E-state index in [2.05, 4.69) is 23.6 Å². The second kappa shape index (κ2) is 7.07. The molecule has 0 aromatic carbocycles. The molecule has 0 fully saturated rings. The Morgan fingerprint density at radius 2 is 2.11 bits per heavy atom. The summed E-state index contributed by atoms with van der Waals surface area (Å²) in [5.41, 5.74) is 0. The van der Waals surface area contributed by atoms with E-state index < -0.39 is 10.0 Å². The molecule has 4 nitrogen and oxygen atoms in total. The van der Waals surface area contributed by atoms with Gasteiger partial charge < -0.3 is 0 Å². The summed E-state index contributed by atoms with van der Waals surface area (Å²) >= 11 is 5.76. The van der Waals surface area contributed by atoms with Crippen LogP contribution in [0.2, 0.25) is 5.15 Å². The first kappa shape index (κ1) is 15.4. The van der Waals surface area contributed by atoms with Crippen LogP contribution in [0.25, 0.3) is 0 Å². The van der Waals surface area contributed by atoms with Crippen LogP contribution in [-0.2, 0) is 10.0 Å². The SMILES string of the molecule is CC(C)CCCCNS(=O)(=O)c1cccnc1Cl. The van der Waals surface area contributed by atoms with Crippen LogP contribution in [0.1, 0.15) is 33.1 Å². The number of halogens is 1. The van der Waals surface area contributed by atoms with E-state index in [9.17, 15) is 8.42 Å². The summed E-state index contributed by atoms with van der Waals surface area (Å²) in [6.07, 6.45) is 4.41. The monoisotopic (exact) mass is 290 g/mol. The van der Waals surface area contributed by atoms with Crippen molar-refractivity contribution < 1.29 is 8.42 Å². The molecule has 0 unspecified atom stereocenters. The van der Waals surface area contributed by atoms with Crippen molar-refractivity contribution in [1.29, 1.82) is 0 Å². The molecule has 102 valence electrons. The van der Waals surface area contributed by atoms with E-state index in [1.165, 1.54) is 12.3 Å². The lowest BCUT2D eigenvalue weighted by molar-refractivity contribution is 0.530. The van der Waals surface area contributed by atoms with Gasteiger partial charge in [-0.15, -0.1) is 0 Å². The molecule has 0 radical (unpaired) electrons. The summed E-state index contributed by atoms with van der Waals surface area (Å²) in [5, 5.41) is 0.00665. The molecule has 0 spiro atoms. The van der Waals surface area contributed by atoms with Crippen molar-refractivity contribution in [3.63, 3.8) is 0 Å². The number of pyridine rings is 1. The third kappa shape index (κ3) is 4.92. The highest BCUT2D eigenvalue weighted by Crippen LogP contribution is 2.17. The summed E-state index contributed by atoms with van der Waals surface area (Å²) in [5.74, 6) is 0.648. The Morgan fingerprint density at radius 3 is 2.72 bits per heavy atom. The maximum Gasteiger partial charge on any atom is 0.243 e. The van der Waals surface area contributed by atoms with Crippen LogP contribution < -0.4 is 4.72 Å². The molecule has 0 saturated heterocycles. The normalized spacial score (nSPS) is 12.0. The summed E-state index contributed by atoms with van der Waals surface area (Å²) in [4.78, 5) is 3.80. The molecule has 6 heteroatoms. The number of sulfonamides is 1. The van der Waals surface area contributed by atoms with E-state index in [0.29, 0.717) is 12.5 Å². The van der Waals surface area contributed by atoms with Crippen molar-refractivity contribution in [2.24, 2.45) is 5.92 Å². The minimum Gasteiger partial charge on any atom is -0.243 e. The summed E-state index contributed by atoms with van der Waals surface area (Å²) in [7, 11) is -3.54. The highest BCUT2D eigenvalue weighted by atomic mass is 35.5. The number of nitrogens with zero attached hydrogens (tertiary/aromatic N) is 1. The maximum absolute atomic E-state index is 11.9.